The molecular formula is C24H32F3N3O3. The molecule has 2 amide bonds. The van der Waals surface area contributed by atoms with Crippen LogP contribution < -0.4 is 10.2 Å². The number of hydrogen-bond donors (Lipinski definition) is 2. The highest BCUT2D eigenvalue weighted by atomic mass is 19.4. The number of piperidine rings is 1. The molecule has 3 aliphatic rings. The summed E-state index contributed by atoms with van der Waals surface area (Å²) in [5.41, 5.74) is -1.28. The molecule has 1 aromatic carbocycles. The summed E-state index contributed by atoms with van der Waals surface area (Å²) in [7, 11) is 0. The zero-order valence-electron chi connectivity index (χ0n) is 19.0. The predicted octanol–water partition coefficient (Wildman–Crippen LogP) is 4.18. The Labute approximate surface area is 192 Å². The summed E-state index contributed by atoms with van der Waals surface area (Å²) in [6.45, 7) is 2.98. The third kappa shape index (κ3) is 4.83. The average molecular weight is 468 g/mol. The maximum absolute atomic E-state index is 13.9. The number of amides is 2. The standard InChI is InChI=1S/C24H32F3N3O3/c1-2-21(32)28-16-4-9-20(19(14-16)24(25,26)27)29-12-3-10-23(15-29)11-13-30(22(23)33)17-5-7-18(31)8-6-17/h4,9,14,17-18,31H,2-3,5-8,10-13,15H2,1H3,(H,28,32)/t17?,18?,23-/m0/s1. The lowest BCUT2D eigenvalue weighted by molar-refractivity contribution is -0.139. The van der Waals surface area contributed by atoms with E-state index in [1.54, 1.807) is 11.8 Å². The molecule has 0 aromatic heterocycles. The van der Waals surface area contributed by atoms with E-state index in [4.69, 9.17) is 0 Å². The number of carbonyl (C=O) groups excluding carboxylic acids is 2. The van der Waals surface area contributed by atoms with Crippen LogP contribution in [-0.2, 0) is 15.8 Å². The number of rotatable bonds is 4. The van der Waals surface area contributed by atoms with Crippen LogP contribution in [0.4, 0.5) is 24.5 Å². The number of anilines is 2. The van der Waals surface area contributed by atoms with Gasteiger partial charge in [-0.1, -0.05) is 6.92 Å². The van der Waals surface area contributed by atoms with Crippen LogP contribution in [0, 0.1) is 5.41 Å². The SMILES string of the molecule is CCC(=O)Nc1ccc(N2CCC[C@]3(CCN(C4CCC(O)CC4)C3=O)C2)c(C(F)(F)F)c1. The molecule has 2 aliphatic heterocycles. The van der Waals surface area contributed by atoms with Gasteiger partial charge in [0.05, 0.1) is 17.1 Å². The quantitative estimate of drug-likeness (QED) is 0.697. The number of aliphatic hydroxyl groups excluding tert-OH is 1. The van der Waals surface area contributed by atoms with Crippen LogP contribution >= 0.6 is 0 Å². The number of likely N-dealkylation sites (tertiary alicyclic amines) is 1. The number of aliphatic hydroxyl groups is 1. The van der Waals surface area contributed by atoms with E-state index >= 15 is 0 Å². The van der Waals surface area contributed by atoms with E-state index < -0.39 is 17.2 Å². The second kappa shape index (κ2) is 9.16. The van der Waals surface area contributed by atoms with Crippen LogP contribution in [0.25, 0.3) is 0 Å². The minimum Gasteiger partial charge on any atom is -0.393 e. The van der Waals surface area contributed by atoms with E-state index in [-0.39, 0.29) is 48.3 Å². The highest BCUT2D eigenvalue weighted by molar-refractivity contribution is 5.91. The van der Waals surface area contributed by atoms with Crippen molar-refractivity contribution in [3.05, 3.63) is 23.8 Å². The molecule has 2 saturated heterocycles. The number of alkyl halides is 3. The Bertz CT molecular complexity index is 899. The number of nitrogens with one attached hydrogen (secondary N) is 1. The first-order valence-electron chi connectivity index (χ1n) is 11.9. The van der Waals surface area contributed by atoms with Gasteiger partial charge in [-0.3, -0.25) is 9.59 Å². The number of halogens is 3. The molecule has 2 N–H and O–H groups in total. The van der Waals surface area contributed by atoms with Gasteiger partial charge in [-0.2, -0.15) is 13.2 Å². The lowest BCUT2D eigenvalue weighted by Crippen LogP contribution is -2.50. The van der Waals surface area contributed by atoms with Gasteiger partial charge in [-0.15, -0.1) is 0 Å². The number of hydrogen-bond acceptors (Lipinski definition) is 4. The van der Waals surface area contributed by atoms with Crippen molar-refractivity contribution >= 4 is 23.2 Å². The Hall–Kier alpha value is -2.29. The third-order valence-electron chi connectivity index (χ3n) is 7.48. The van der Waals surface area contributed by atoms with Crippen LogP contribution in [-0.4, -0.2) is 53.6 Å². The number of carbonyl (C=O) groups is 2. The molecule has 1 saturated carbocycles. The Morgan fingerprint density at radius 1 is 1.18 bits per heavy atom. The minimum absolute atomic E-state index is 0.0500. The molecule has 182 valence electrons. The maximum Gasteiger partial charge on any atom is 0.418 e. The van der Waals surface area contributed by atoms with Crippen LogP contribution in [0.5, 0.6) is 0 Å². The Balaban J connectivity index is 1.56. The second-order valence-electron chi connectivity index (χ2n) is 9.65. The third-order valence-corrected chi connectivity index (χ3v) is 7.48. The lowest BCUT2D eigenvalue weighted by Gasteiger charge is -2.42. The van der Waals surface area contributed by atoms with E-state index in [0.717, 1.165) is 18.9 Å². The molecule has 1 spiro atoms. The van der Waals surface area contributed by atoms with Gasteiger partial charge in [0, 0.05) is 43.5 Å². The minimum atomic E-state index is -4.58. The monoisotopic (exact) mass is 467 g/mol. The lowest BCUT2D eigenvalue weighted by atomic mass is 9.78. The van der Waals surface area contributed by atoms with Gasteiger partial charge >= 0.3 is 6.18 Å². The van der Waals surface area contributed by atoms with Crippen molar-refractivity contribution in [1.82, 2.24) is 4.90 Å². The molecule has 9 heteroatoms. The molecular weight excluding hydrogens is 435 g/mol. The smallest absolute Gasteiger partial charge is 0.393 e. The first kappa shape index (κ1) is 23.9. The highest BCUT2D eigenvalue weighted by Crippen LogP contribution is 2.46. The van der Waals surface area contributed by atoms with Crippen LogP contribution in [0.15, 0.2) is 18.2 Å². The Morgan fingerprint density at radius 2 is 1.91 bits per heavy atom. The second-order valence-corrected chi connectivity index (χ2v) is 9.65. The molecule has 1 atom stereocenters. The summed E-state index contributed by atoms with van der Waals surface area (Å²) in [5, 5.41) is 12.3. The van der Waals surface area contributed by atoms with E-state index in [1.807, 2.05) is 4.90 Å². The van der Waals surface area contributed by atoms with Crippen molar-refractivity contribution in [1.29, 1.82) is 0 Å². The molecule has 1 aliphatic carbocycles. The van der Waals surface area contributed by atoms with Crippen molar-refractivity contribution in [3.8, 4) is 0 Å². The van der Waals surface area contributed by atoms with Gasteiger partial charge in [-0.05, 0) is 63.1 Å². The van der Waals surface area contributed by atoms with Crippen molar-refractivity contribution in [2.24, 2.45) is 5.41 Å². The predicted molar refractivity (Wildman–Crippen MR) is 119 cm³/mol. The zero-order valence-corrected chi connectivity index (χ0v) is 19.0. The fraction of sp³-hybridized carbons (Fsp3) is 0.667. The average Bonchev–Trinajstić information content (AvgIpc) is 3.09. The van der Waals surface area contributed by atoms with Crippen molar-refractivity contribution < 1.29 is 27.9 Å². The summed E-state index contributed by atoms with van der Waals surface area (Å²) in [6, 6.07) is 4.01. The van der Waals surface area contributed by atoms with Gasteiger partial charge in [-0.25, -0.2) is 0 Å². The highest BCUT2D eigenvalue weighted by Gasteiger charge is 2.51. The van der Waals surface area contributed by atoms with E-state index in [2.05, 4.69) is 5.32 Å². The van der Waals surface area contributed by atoms with Crippen LogP contribution in [0.1, 0.15) is 63.9 Å². The molecule has 0 radical (unpaired) electrons. The Morgan fingerprint density at radius 3 is 2.58 bits per heavy atom. The van der Waals surface area contributed by atoms with Crippen molar-refractivity contribution in [2.45, 2.75) is 76.6 Å². The zero-order chi connectivity index (χ0) is 23.8. The Kier molecular flexibility index (Phi) is 6.62. The number of nitrogens with zero attached hydrogens (tertiary/aromatic N) is 2. The molecule has 0 unspecified atom stereocenters. The van der Waals surface area contributed by atoms with Gasteiger partial charge in [0.2, 0.25) is 11.8 Å². The molecule has 2 heterocycles. The molecule has 6 nitrogen and oxygen atoms in total. The van der Waals surface area contributed by atoms with E-state index in [9.17, 15) is 27.9 Å². The number of benzene rings is 1. The normalized spacial score (nSPS) is 28.5. The van der Waals surface area contributed by atoms with Crippen molar-refractivity contribution in [2.75, 3.05) is 29.9 Å². The van der Waals surface area contributed by atoms with Gasteiger partial charge in [0.1, 0.15) is 0 Å². The van der Waals surface area contributed by atoms with Gasteiger partial charge in [0.25, 0.3) is 0 Å². The largest absolute Gasteiger partial charge is 0.418 e. The molecule has 33 heavy (non-hydrogen) atoms. The molecule has 3 fully saturated rings. The summed E-state index contributed by atoms with van der Waals surface area (Å²) >= 11 is 0. The fourth-order valence-corrected chi connectivity index (χ4v) is 5.65. The molecule has 0 bridgehead atoms. The summed E-state index contributed by atoms with van der Waals surface area (Å²) in [5.74, 6) is -0.298. The fourth-order valence-electron chi connectivity index (χ4n) is 5.65. The van der Waals surface area contributed by atoms with E-state index in [0.29, 0.717) is 45.2 Å². The van der Waals surface area contributed by atoms with Gasteiger partial charge in [0.15, 0.2) is 0 Å². The van der Waals surface area contributed by atoms with Gasteiger partial charge < -0.3 is 20.2 Å². The topological polar surface area (TPSA) is 72.9 Å². The van der Waals surface area contributed by atoms with Crippen LogP contribution in [0.2, 0.25) is 0 Å². The summed E-state index contributed by atoms with van der Waals surface area (Å²) in [6.07, 6.45) is 0.183. The molecule has 1 aromatic rings. The van der Waals surface area contributed by atoms with Crippen molar-refractivity contribution in [3.63, 3.8) is 0 Å². The summed E-state index contributed by atoms with van der Waals surface area (Å²) in [4.78, 5) is 28.8. The summed E-state index contributed by atoms with van der Waals surface area (Å²) < 4.78 is 41.8. The maximum atomic E-state index is 13.9. The van der Waals surface area contributed by atoms with E-state index in [1.165, 1.54) is 12.1 Å². The first-order valence-corrected chi connectivity index (χ1v) is 11.9. The first-order chi connectivity index (χ1) is 15.6. The van der Waals surface area contributed by atoms with Crippen LogP contribution in [0.3, 0.4) is 0 Å². The molecule has 4 rings (SSSR count).